The third-order valence-corrected chi connectivity index (χ3v) is 13.5. The smallest absolute Gasteiger partial charge is 0.225 e. The van der Waals surface area contributed by atoms with Gasteiger partial charge in [-0.15, -0.1) is 5.92 Å². The number of hydrogen-bond donors (Lipinski definition) is 6. The number of aliphatic hydroxyl groups excluding tert-OH is 2. The number of ketones is 1. The molecule has 2 saturated carbocycles. The zero-order valence-corrected chi connectivity index (χ0v) is 34.1. The summed E-state index contributed by atoms with van der Waals surface area (Å²) in [5.74, 6) is 10.8. The maximum atomic E-state index is 14.8. The molecule has 2 heterocycles. The Morgan fingerprint density at radius 1 is 1.14 bits per heavy atom. The van der Waals surface area contributed by atoms with Crippen LogP contribution in [0.1, 0.15) is 108 Å². The summed E-state index contributed by atoms with van der Waals surface area (Å²) in [7, 11) is 0. The molecule has 1 amide bonds. The molecule has 1 aromatic rings. The van der Waals surface area contributed by atoms with Crippen LogP contribution in [0.4, 0.5) is 0 Å². The lowest BCUT2D eigenvalue weighted by Gasteiger charge is -2.56. The van der Waals surface area contributed by atoms with Crippen LogP contribution in [-0.4, -0.2) is 71.1 Å². The molecule has 7 N–H and O–H groups in total. The Kier molecular flexibility index (Phi) is 13.6. The fraction of sp³-hybridized carbons (Fsp3) is 0.542. The van der Waals surface area contributed by atoms with Crippen LogP contribution in [-0.2, 0) is 20.7 Å². The number of nitrogens with two attached hydrogens (primary N) is 1. The predicted molar refractivity (Wildman–Crippen MR) is 223 cm³/mol. The maximum absolute atomic E-state index is 14.8. The zero-order chi connectivity index (χ0) is 40.9. The summed E-state index contributed by atoms with van der Waals surface area (Å²) < 4.78 is 6.14. The number of likely N-dealkylation sites (N-methyl/N-ethyl adjacent to an activating group) is 1. The van der Waals surface area contributed by atoms with E-state index in [0.717, 1.165) is 46.4 Å². The molecule has 5 aliphatic rings. The van der Waals surface area contributed by atoms with Gasteiger partial charge >= 0.3 is 0 Å². The second-order valence-corrected chi connectivity index (χ2v) is 16.9. The lowest BCUT2D eigenvalue weighted by Crippen LogP contribution is -2.59. The Balaban J connectivity index is 1.39. The number of rotatable bonds is 5. The van der Waals surface area contributed by atoms with Crippen LogP contribution in [0, 0.1) is 46.9 Å². The first kappa shape index (κ1) is 42.5. The van der Waals surface area contributed by atoms with Crippen molar-refractivity contribution in [3.63, 3.8) is 0 Å². The molecule has 2 fully saturated rings. The van der Waals surface area contributed by atoms with E-state index in [4.69, 9.17) is 10.5 Å². The number of allylic oxidation sites excluding steroid dienone is 5. The highest BCUT2D eigenvalue weighted by Gasteiger charge is 2.64. The van der Waals surface area contributed by atoms with Gasteiger partial charge in [-0.2, -0.15) is 0 Å². The van der Waals surface area contributed by atoms with Gasteiger partial charge in [-0.3, -0.25) is 9.59 Å². The average Bonchev–Trinajstić information content (AvgIpc) is 3.52. The van der Waals surface area contributed by atoms with E-state index >= 15 is 0 Å². The van der Waals surface area contributed by atoms with E-state index in [2.05, 4.69) is 60.8 Å². The molecule has 304 valence electrons. The molecular formula is C48H61N3O6. The van der Waals surface area contributed by atoms with Gasteiger partial charge in [0.1, 0.15) is 12.8 Å². The van der Waals surface area contributed by atoms with E-state index in [1.807, 2.05) is 50.3 Å². The molecule has 57 heavy (non-hydrogen) atoms. The monoisotopic (exact) mass is 775 g/mol. The number of aliphatic hydroxyl groups is 3. The van der Waals surface area contributed by atoms with E-state index in [1.165, 1.54) is 5.57 Å². The number of carbonyl (C=O) groups is 2. The van der Waals surface area contributed by atoms with E-state index in [0.29, 0.717) is 44.1 Å². The molecule has 3 aliphatic carbocycles. The van der Waals surface area contributed by atoms with Crippen molar-refractivity contribution in [1.29, 1.82) is 0 Å². The molecule has 6 rings (SSSR count). The highest BCUT2D eigenvalue weighted by Crippen LogP contribution is 2.63. The highest BCUT2D eigenvalue weighted by atomic mass is 16.5. The van der Waals surface area contributed by atoms with Gasteiger partial charge in [0.05, 0.1) is 37.3 Å². The lowest BCUT2D eigenvalue weighted by atomic mass is 9.51. The molecule has 1 aromatic carbocycles. The highest BCUT2D eigenvalue weighted by molar-refractivity contribution is 6.01. The SMILES string of the molecule is C=C1/C=C/C=C(\[C@H]2CC[C@@]3([C@@H]4C[C@@H](CO)C#CC[C@@H](c5cccc6c5CC(=O)N[C@@H]6N)C(=O)/C(C)=C/4CC[C@@]3(C)O)[C@@H]2O)COCC#CC/C(C)=C/C[C@@H]1NCC. The van der Waals surface area contributed by atoms with E-state index in [9.17, 15) is 24.9 Å². The van der Waals surface area contributed by atoms with Crippen LogP contribution in [0.3, 0.4) is 0 Å². The second-order valence-electron chi connectivity index (χ2n) is 16.9. The van der Waals surface area contributed by atoms with Gasteiger partial charge in [-0.1, -0.05) is 84.9 Å². The summed E-state index contributed by atoms with van der Waals surface area (Å²) in [6.45, 7) is 13.4. The van der Waals surface area contributed by atoms with Gasteiger partial charge in [0.25, 0.3) is 0 Å². The number of fused-ring (bicyclic) bond motifs is 3. The molecule has 0 aromatic heterocycles. The Hall–Kier alpha value is -4.06. The summed E-state index contributed by atoms with van der Waals surface area (Å²) in [5, 5.41) is 42.4. The molecule has 1 spiro atoms. The molecule has 9 nitrogen and oxygen atoms in total. The van der Waals surface area contributed by atoms with Crippen molar-refractivity contribution in [2.24, 2.45) is 28.9 Å². The Bertz CT molecular complexity index is 1980. The molecular weight excluding hydrogens is 715 g/mol. The van der Waals surface area contributed by atoms with Crippen molar-refractivity contribution < 1.29 is 29.6 Å². The number of Topliss-reactive ketones (excluding diaryl/α,β-unsaturated/α-hetero) is 1. The summed E-state index contributed by atoms with van der Waals surface area (Å²) in [4.78, 5) is 27.5. The Labute approximate surface area is 339 Å². The van der Waals surface area contributed by atoms with Crippen molar-refractivity contribution in [1.82, 2.24) is 10.6 Å². The van der Waals surface area contributed by atoms with E-state index in [-0.39, 0.29) is 56.3 Å². The van der Waals surface area contributed by atoms with Crippen molar-refractivity contribution >= 4 is 11.7 Å². The minimum absolute atomic E-state index is 0.0698. The summed E-state index contributed by atoms with van der Waals surface area (Å²) in [6.07, 6.45) is 10.7. The average molecular weight is 776 g/mol. The normalized spacial score (nSPS) is 37.6. The lowest BCUT2D eigenvalue weighted by molar-refractivity contribution is -0.169. The first-order chi connectivity index (χ1) is 27.3. The van der Waals surface area contributed by atoms with Crippen molar-refractivity contribution in [3.8, 4) is 23.7 Å². The van der Waals surface area contributed by atoms with Crippen LogP contribution >= 0.6 is 0 Å². The number of benzene rings is 1. The number of carbonyl (C=O) groups excluding carboxylic acids is 2. The van der Waals surface area contributed by atoms with Gasteiger partial charge < -0.3 is 36.4 Å². The van der Waals surface area contributed by atoms with Crippen LogP contribution in [0.25, 0.3) is 0 Å². The Morgan fingerprint density at radius 3 is 2.70 bits per heavy atom. The molecule has 0 bridgehead atoms. The summed E-state index contributed by atoms with van der Waals surface area (Å²) >= 11 is 0. The van der Waals surface area contributed by atoms with E-state index in [1.54, 1.807) is 0 Å². The number of ether oxygens (including phenoxy) is 1. The Morgan fingerprint density at radius 2 is 1.93 bits per heavy atom. The van der Waals surface area contributed by atoms with Crippen LogP contribution < -0.4 is 16.4 Å². The molecule has 2 aliphatic heterocycles. The van der Waals surface area contributed by atoms with Gasteiger partial charge in [-0.05, 0) is 105 Å². The van der Waals surface area contributed by atoms with Gasteiger partial charge in [0, 0.05) is 36.1 Å². The minimum atomic E-state index is -1.28. The van der Waals surface area contributed by atoms with Gasteiger partial charge in [0.2, 0.25) is 5.91 Å². The zero-order valence-electron chi connectivity index (χ0n) is 34.1. The first-order valence-corrected chi connectivity index (χ1v) is 20.7. The largest absolute Gasteiger partial charge is 0.395 e. The summed E-state index contributed by atoms with van der Waals surface area (Å²) in [6, 6.07) is 5.73. The molecule has 9 heteroatoms. The number of amides is 1. The van der Waals surface area contributed by atoms with Crippen molar-refractivity contribution in [3.05, 3.63) is 93.6 Å². The fourth-order valence-corrected chi connectivity index (χ4v) is 10.3. The second kappa shape index (κ2) is 18.2. The quantitative estimate of drug-likeness (QED) is 0.172. The van der Waals surface area contributed by atoms with Gasteiger partial charge in [-0.25, -0.2) is 0 Å². The minimum Gasteiger partial charge on any atom is -0.395 e. The summed E-state index contributed by atoms with van der Waals surface area (Å²) in [5.41, 5.74) is 10.9. The first-order valence-electron chi connectivity index (χ1n) is 20.7. The standard InChI is InChI=1S/C48H61N3O6/c1-6-50-42-20-19-30(2)12-7-8-25-57-29-34(15-9-13-31(42)3)36-22-24-48(45(36)55)41-26-33(28-52)14-10-17-38(44(54)32(4)35(41)21-23-47(48,5)56)37-16-11-18-39-40(37)27-43(53)51-46(39)49/h9,11,13,15-16,18-19,33,36,38,41-42,45-46,50,52,55-56H,3,6,12,17,20-29,49H2,1-2,4-5H3,(H,51,53)/b13-9+,30-19+,34-15-,35-32+/t33-,36+,38-,41+,42-,45+,46-,47+,48+/m0/s1. The molecule has 0 unspecified atom stereocenters. The molecule has 0 saturated heterocycles. The van der Waals surface area contributed by atoms with Crippen molar-refractivity contribution in [2.45, 2.75) is 115 Å². The van der Waals surface area contributed by atoms with Gasteiger partial charge in [0.15, 0.2) is 5.78 Å². The van der Waals surface area contributed by atoms with Crippen LogP contribution in [0.5, 0.6) is 0 Å². The number of nitrogens with one attached hydrogen (secondary N) is 2. The van der Waals surface area contributed by atoms with Crippen LogP contribution in [0.2, 0.25) is 0 Å². The van der Waals surface area contributed by atoms with E-state index < -0.39 is 41.0 Å². The van der Waals surface area contributed by atoms with Crippen LogP contribution in [0.15, 0.2) is 76.9 Å². The number of hydrogen-bond acceptors (Lipinski definition) is 8. The fourth-order valence-electron chi connectivity index (χ4n) is 10.3. The molecule has 9 atom stereocenters. The third kappa shape index (κ3) is 8.71. The predicted octanol–water partition coefficient (Wildman–Crippen LogP) is 5.39. The topological polar surface area (TPSA) is 154 Å². The maximum Gasteiger partial charge on any atom is 0.225 e. The van der Waals surface area contributed by atoms with Crippen molar-refractivity contribution in [2.75, 3.05) is 26.4 Å². The molecule has 0 radical (unpaired) electrons. The third-order valence-electron chi connectivity index (χ3n) is 13.5.